The van der Waals surface area contributed by atoms with Gasteiger partial charge in [-0.2, -0.15) is 0 Å². The maximum absolute atomic E-state index is 12.3. The van der Waals surface area contributed by atoms with Crippen LogP contribution in [-0.4, -0.2) is 11.6 Å². The minimum Gasteiger partial charge on any atom is -0.391 e. The van der Waals surface area contributed by atoms with Crippen LogP contribution in [0.25, 0.3) is 0 Å². The van der Waals surface area contributed by atoms with Crippen LogP contribution in [0.2, 0.25) is 5.02 Å². The van der Waals surface area contributed by atoms with Crippen molar-refractivity contribution in [3.8, 4) is 0 Å². The highest BCUT2D eigenvalue weighted by Crippen LogP contribution is 2.14. The Labute approximate surface area is 169 Å². The van der Waals surface area contributed by atoms with Crippen LogP contribution in [0.1, 0.15) is 24.0 Å². The largest absolute Gasteiger partial charge is 0.391 e. The van der Waals surface area contributed by atoms with E-state index in [0.29, 0.717) is 30.2 Å². The minimum atomic E-state index is -0.0732. The Morgan fingerprint density at radius 1 is 0.857 bits per heavy atom. The first-order valence-electron chi connectivity index (χ1n) is 9.04. The molecule has 0 heterocycles. The Kier molecular flexibility index (Phi) is 7.21. The molecular formula is C23H21ClN2O2. The second kappa shape index (κ2) is 10.3. The summed E-state index contributed by atoms with van der Waals surface area (Å²) >= 11 is 5.98. The van der Waals surface area contributed by atoms with E-state index in [0.717, 1.165) is 16.8 Å². The van der Waals surface area contributed by atoms with Crippen LogP contribution in [0.5, 0.6) is 0 Å². The van der Waals surface area contributed by atoms with Gasteiger partial charge in [0, 0.05) is 23.6 Å². The van der Waals surface area contributed by atoms with Gasteiger partial charge in [-0.1, -0.05) is 77.4 Å². The van der Waals surface area contributed by atoms with Gasteiger partial charge in [0.05, 0.1) is 5.71 Å². The molecular weight excluding hydrogens is 372 g/mol. The van der Waals surface area contributed by atoms with Gasteiger partial charge < -0.3 is 10.2 Å². The molecule has 0 bridgehead atoms. The van der Waals surface area contributed by atoms with Crippen LogP contribution >= 0.6 is 11.6 Å². The number of hydrogen-bond donors (Lipinski definition) is 1. The Bertz CT molecular complexity index is 910. The van der Waals surface area contributed by atoms with Gasteiger partial charge in [0.15, 0.2) is 0 Å². The molecule has 0 radical (unpaired) electrons. The number of carbonyl (C=O) groups is 1. The molecule has 3 aromatic carbocycles. The zero-order valence-corrected chi connectivity index (χ0v) is 16.1. The lowest BCUT2D eigenvalue weighted by atomic mass is 10.1. The van der Waals surface area contributed by atoms with Gasteiger partial charge in [0.25, 0.3) is 0 Å². The van der Waals surface area contributed by atoms with Crippen LogP contribution in [0.4, 0.5) is 5.69 Å². The summed E-state index contributed by atoms with van der Waals surface area (Å²) < 4.78 is 0. The number of anilines is 1. The van der Waals surface area contributed by atoms with Gasteiger partial charge in [0.2, 0.25) is 5.91 Å². The molecule has 0 atom stereocenters. The van der Waals surface area contributed by atoms with Gasteiger partial charge in [-0.05, 0) is 35.4 Å². The number of benzene rings is 3. The number of nitrogens with one attached hydrogen (secondary N) is 1. The first-order chi connectivity index (χ1) is 13.7. The van der Waals surface area contributed by atoms with Gasteiger partial charge in [-0.25, -0.2) is 0 Å². The van der Waals surface area contributed by atoms with Gasteiger partial charge in [-0.15, -0.1) is 0 Å². The average Bonchev–Trinajstić information content (AvgIpc) is 2.73. The highest BCUT2D eigenvalue weighted by molar-refractivity contribution is 6.30. The molecule has 3 aromatic rings. The van der Waals surface area contributed by atoms with E-state index in [9.17, 15) is 4.79 Å². The molecule has 0 aliphatic heterocycles. The summed E-state index contributed by atoms with van der Waals surface area (Å²) in [5.41, 5.74) is 3.39. The van der Waals surface area contributed by atoms with Crippen molar-refractivity contribution in [3.63, 3.8) is 0 Å². The number of halogens is 1. The summed E-state index contributed by atoms with van der Waals surface area (Å²) in [6.45, 7) is 0.369. The Morgan fingerprint density at radius 2 is 1.50 bits per heavy atom. The van der Waals surface area contributed by atoms with Crippen molar-refractivity contribution >= 4 is 28.9 Å². The second-order valence-electron chi connectivity index (χ2n) is 6.22. The number of carbonyl (C=O) groups excluding carboxylic acids is 1. The summed E-state index contributed by atoms with van der Waals surface area (Å²) in [4.78, 5) is 17.8. The van der Waals surface area contributed by atoms with Crippen molar-refractivity contribution in [1.82, 2.24) is 0 Å². The SMILES string of the molecule is O=C(CC/C(=N\OCc1ccccc1)c1ccc(Cl)cc1)Nc1ccccc1. The minimum absolute atomic E-state index is 0.0732. The van der Waals surface area contributed by atoms with E-state index >= 15 is 0 Å². The molecule has 0 aliphatic carbocycles. The second-order valence-corrected chi connectivity index (χ2v) is 6.65. The Hall–Kier alpha value is -3.11. The van der Waals surface area contributed by atoms with E-state index in [-0.39, 0.29) is 5.91 Å². The first kappa shape index (κ1) is 19.6. The van der Waals surface area contributed by atoms with E-state index in [4.69, 9.17) is 16.4 Å². The van der Waals surface area contributed by atoms with E-state index in [2.05, 4.69) is 10.5 Å². The lowest BCUT2D eigenvalue weighted by Gasteiger charge is -2.09. The fourth-order valence-electron chi connectivity index (χ4n) is 2.62. The van der Waals surface area contributed by atoms with E-state index in [1.54, 1.807) is 12.1 Å². The highest BCUT2D eigenvalue weighted by Gasteiger charge is 2.09. The molecule has 1 N–H and O–H groups in total. The van der Waals surface area contributed by atoms with Gasteiger partial charge in [-0.3, -0.25) is 4.79 Å². The first-order valence-corrected chi connectivity index (χ1v) is 9.42. The molecule has 0 spiro atoms. The standard InChI is InChI=1S/C23H21ClN2O2/c24-20-13-11-19(12-14-20)22(26-28-17-18-7-3-1-4-8-18)15-16-23(27)25-21-9-5-2-6-10-21/h1-14H,15-17H2,(H,25,27)/b26-22+. The number of para-hydroxylation sites is 1. The smallest absolute Gasteiger partial charge is 0.224 e. The van der Waals surface area contributed by atoms with Gasteiger partial charge >= 0.3 is 0 Å². The molecule has 0 saturated heterocycles. The summed E-state index contributed by atoms with van der Waals surface area (Å²) in [5.74, 6) is -0.0732. The van der Waals surface area contributed by atoms with Crippen molar-refractivity contribution in [2.45, 2.75) is 19.4 Å². The number of oxime groups is 1. The number of amides is 1. The topological polar surface area (TPSA) is 50.7 Å². The molecule has 142 valence electrons. The third-order valence-electron chi connectivity index (χ3n) is 4.07. The number of rotatable bonds is 8. The molecule has 1 amide bonds. The molecule has 4 nitrogen and oxygen atoms in total. The molecule has 0 saturated carbocycles. The third-order valence-corrected chi connectivity index (χ3v) is 4.32. The van der Waals surface area contributed by atoms with Crippen molar-refractivity contribution < 1.29 is 9.63 Å². The highest BCUT2D eigenvalue weighted by atomic mass is 35.5. The predicted octanol–water partition coefficient (Wildman–Crippen LogP) is 5.68. The van der Waals surface area contributed by atoms with Crippen molar-refractivity contribution in [1.29, 1.82) is 0 Å². The number of hydrogen-bond acceptors (Lipinski definition) is 3. The summed E-state index contributed by atoms with van der Waals surface area (Å²) in [5, 5.41) is 7.82. The number of nitrogens with zero attached hydrogens (tertiary/aromatic N) is 1. The maximum atomic E-state index is 12.3. The lowest BCUT2D eigenvalue weighted by Crippen LogP contribution is -2.14. The maximum Gasteiger partial charge on any atom is 0.224 e. The lowest BCUT2D eigenvalue weighted by molar-refractivity contribution is -0.116. The van der Waals surface area contributed by atoms with Crippen LogP contribution < -0.4 is 5.32 Å². The zero-order chi connectivity index (χ0) is 19.6. The van der Waals surface area contributed by atoms with Crippen LogP contribution in [0.3, 0.4) is 0 Å². The Morgan fingerprint density at radius 3 is 2.18 bits per heavy atom. The Balaban J connectivity index is 1.64. The molecule has 0 aromatic heterocycles. The van der Waals surface area contributed by atoms with E-state index in [1.165, 1.54) is 0 Å². The normalized spacial score (nSPS) is 11.1. The summed E-state index contributed by atoms with van der Waals surface area (Å²) in [6, 6.07) is 26.6. The van der Waals surface area contributed by atoms with Crippen molar-refractivity contribution in [3.05, 3.63) is 101 Å². The monoisotopic (exact) mass is 392 g/mol. The molecule has 0 unspecified atom stereocenters. The van der Waals surface area contributed by atoms with Crippen molar-refractivity contribution in [2.24, 2.45) is 5.16 Å². The third kappa shape index (κ3) is 6.25. The molecule has 0 fully saturated rings. The van der Waals surface area contributed by atoms with E-state index < -0.39 is 0 Å². The predicted molar refractivity (Wildman–Crippen MR) is 114 cm³/mol. The molecule has 5 heteroatoms. The average molecular weight is 393 g/mol. The fraction of sp³-hybridized carbons (Fsp3) is 0.130. The zero-order valence-electron chi connectivity index (χ0n) is 15.3. The molecule has 3 rings (SSSR count). The fourth-order valence-corrected chi connectivity index (χ4v) is 2.75. The van der Waals surface area contributed by atoms with Gasteiger partial charge in [0.1, 0.15) is 6.61 Å². The van der Waals surface area contributed by atoms with E-state index in [1.807, 2.05) is 72.8 Å². The molecule has 0 aliphatic rings. The summed E-state index contributed by atoms with van der Waals surface area (Å²) in [6.07, 6.45) is 0.750. The van der Waals surface area contributed by atoms with Crippen LogP contribution in [-0.2, 0) is 16.2 Å². The molecule has 28 heavy (non-hydrogen) atoms. The quantitative estimate of drug-likeness (QED) is 0.396. The van der Waals surface area contributed by atoms with Crippen molar-refractivity contribution in [2.75, 3.05) is 5.32 Å². The summed E-state index contributed by atoms with van der Waals surface area (Å²) in [7, 11) is 0. The van der Waals surface area contributed by atoms with Crippen LogP contribution in [0, 0.1) is 0 Å². The van der Waals surface area contributed by atoms with Crippen LogP contribution in [0.15, 0.2) is 90.1 Å².